The fourth-order valence-corrected chi connectivity index (χ4v) is 3.52. The van der Waals surface area contributed by atoms with Crippen molar-refractivity contribution in [3.05, 3.63) is 65.2 Å². The number of para-hydroxylation sites is 1. The van der Waals surface area contributed by atoms with E-state index in [-0.39, 0.29) is 11.2 Å². The van der Waals surface area contributed by atoms with Crippen LogP contribution in [0.25, 0.3) is 0 Å². The number of hydrogen-bond acceptors (Lipinski definition) is 3. The number of nitrogens with one attached hydrogen (secondary N) is 1. The highest BCUT2D eigenvalue weighted by Gasteiger charge is 2.19. The number of benzene rings is 2. The van der Waals surface area contributed by atoms with Crippen LogP contribution in [0.5, 0.6) is 0 Å². The molecule has 3 nitrogen and oxygen atoms in total. The van der Waals surface area contributed by atoms with Gasteiger partial charge in [-0.15, -0.1) is 11.8 Å². The van der Waals surface area contributed by atoms with Gasteiger partial charge in [0.2, 0.25) is 5.91 Å². The Hall–Kier alpha value is -1.78. The lowest BCUT2D eigenvalue weighted by atomic mass is 9.98. The standard InChI is InChI=1S/C21H27NO2S/c1-14(2)18-12-8-9-15(3)20(18)22-21(24)16(4)25-13-19(23)17-10-6-5-7-11-17/h5-12,14,16,19,23H,13H2,1-4H3,(H,22,24). The lowest BCUT2D eigenvalue weighted by Crippen LogP contribution is -2.24. The monoisotopic (exact) mass is 357 g/mol. The zero-order valence-corrected chi connectivity index (χ0v) is 16.1. The summed E-state index contributed by atoms with van der Waals surface area (Å²) >= 11 is 1.46. The number of aryl methyl sites for hydroxylation is 1. The van der Waals surface area contributed by atoms with Crippen LogP contribution in [0.3, 0.4) is 0 Å². The molecule has 0 aliphatic carbocycles. The topological polar surface area (TPSA) is 49.3 Å². The molecule has 0 aliphatic rings. The van der Waals surface area contributed by atoms with E-state index in [1.165, 1.54) is 11.8 Å². The van der Waals surface area contributed by atoms with Crippen molar-refractivity contribution in [2.24, 2.45) is 0 Å². The molecule has 2 unspecified atom stereocenters. The third-order valence-electron chi connectivity index (χ3n) is 4.23. The number of hydrogen-bond donors (Lipinski definition) is 2. The molecule has 2 atom stereocenters. The minimum Gasteiger partial charge on any atom is -0.388 e. The largest absolute Gasteiger partial charge is 0.388 e. The Morgan fingerprint density at radius 3 is 2.40 bits per heavy atom. The van der Waals surface area contributed by atoms with Crippen molar-refractivity contribution in [1.29, 1.82) is 0 Å². The van der Waals surface area contributed by atoms with Crippen molar-refractivity contribution >= 4 is 23.4 Å². The fraction of sp³-hybridized carbons (Fsp3) is 0.381. The number of aliphatic hydroxyl groups excluding tert-OH is 1. The number of rotatable bonds is 7. The van der Waals surface area contributed by atoms with Gasteiger partial charge in [0.1, 0.15) is 0 Å². The fourth-order valence-electron chi connectivity index (χ4n) is 2.65. The summed E-state index contributed by atoms with van der Waals surface area (Å²) < 4.78 is 0. The van der Waals surface area contributed by atoms with E-state index in [0.29, 0.717) is 11.7 Å². The molecule has 0 fully saturated rings. The normalized spacial score (nSPS) is 13.5. The minimum absolute atomic E-state index is 0.0264. The van der Waals surface area contributed by atoms with Gasteiger partial charge in [-0.25, -0.2) is 0 Å². The summed E-state index contributed by atoms with van der Waals surface area (Å²) in [7, 11) is 0. The summed E-state index contributed by atoms with van der Waals surface area (Å²) in [5.41, 5.74) is 4.01. The molecule has 0 bridgehead atoms. The molecule has 0 radical (unpaired) electrons. The lowest BCUT2D eigenvalue weighted by Gasteiger charge is -2.19. The van der Waals surface area contributed by atoms with Crippen LogP contribution >= 0.6 is 11.8 Å². The molecule has 0 saturated carbocycles. The van der Waals surface area contributed by atoms with Crippen LogP contribution in [0, 0.1) is 6.92 Å². The van der Waals surface area contributed by atoms with Crippen LogP contribution in [0.4, 0.5) is 5.69 Å². The SMILES string of the molecule is Cc1cccc(C(C)C)c1NC(=O)C(C)SCC(O)c1ccccc1. The molecule has 134 valence electrons. The number of anilines is 1. The molecule has 1 amide bonds. The molecule has 4 heteroatoms. The molecule has 0 saturated heterocycles. The Kier molecular flexibility index (Phi) is 7.09. The lowest BCUT2D eigenvalue weighted by molar-refractivity contribution is -0.115. The number of amides is 1. The van der Waals surface area contributed by atoms with Crippen LogP contribution in [-0.2, 0) is 4.79 Å². The number of carbonyl (C=O) groups is 1. The predicted molar refractivity (Wildman–Crippen MR) is 107 cm³/mol. The van der Waals surface area contributed by atoms with E-state index in [1.54, 1.807) is 0 Å². The van der Waals surface area contributed by atoms with Crippen molar-refractivity contribution in [3.8, 4) is 0 Å². The van der Waals surface area contributed by atoms with Gasteiger partial charge in [-0.1, -0.05) is 62.4 Å². The number of thioether (sulfide) groups is 1. The van der Waals surface area contributed by atoms with Crippen LogP contribution in [-0.4, -0.2) is 22.0 Å². The molecule has 2 N–H and O–H groups in total. The third-order valence-corrected chi connectivity index (χ3v) is 5.46. The van der Waals surface area contributed by atoms with Crippen LogP contribution in [0.15, 0.2) is 48.5 Å². The quantitative estimate of drug-likeness (QED) is 0.740. The van der Waals surface area contributed by atoms with Gasteiger partial charge in [0.15, 0.2) is 0 Å². The summed E-state index contributed by atoms with van der Waals surface area (Å²) in [6.45, 7) is 8.14. The Morgan fingerprint density at radius 1 is 1.08 bits per heavy atom. The van der Waals surface area contributed by atoms with Crippen molar-refractivity contribution in [3.63, 3.8) is 0 Å². The molecule has 2 rings (SSSR count). The zero-order chi connectivity index (χ0) is 18.4. The molecule has 0 aliphatic heterocycles. The smallest absolute Gasteiger partial charge is 0.237 e. The highest BCUT2D eigenvalue weighted by molar-refractivity contribution is 8.00. The van der Waals surface area contributed by atoms with E-state index >= 15 is 0 Å². The predicted octanol–water partition coefficient (Wildman–Crippen LogP) is 4.91. The van der Waals surface area contributed by atoms with E-state index < -0.39 is 6.10 Å². The first-order valence-electron chi connectivity index (χ1n) is 8.65. The van der Waals surface area contributed by atoms with Crippen LogP contribution in [0.2, 0.25) is 0 Å². The van der Waals surface area contributed by atoms with Gasteiger partial charge in [0, 0.05) is 11.4 Å². The maximum absolute atomic E-state index is 12.6. The average Bonchev–Trinajstić information content (AvgIpc) is 2.61. The first-order valence-corrected chi connectivity index (χ1v) is 9.70. The molecular weight excluding hydrogens is 330 g/mol. The summed E-state index contributed by atoms with van der Waals surface area (Å²) in [6.07, 6.45) is -0.564. The van der Waals surface area contributed by atoms with Crippen molar-refractivity contribution in [2.45, 2.75) is 45.0 Å². The summed E-state index contributed by atoms with van der Waals surface area (Å²) in [6, 6.07) is 15.6. The van der Waals surface area contributed by atoms with Gasteiger partial charge < -0.3 is 10.4 Å². The number of carbonyl (C=O) groups excluding carboxylic acids is 1. The highest BCUT2D eigenvalue weighted by Crippen LogP contribution is 2.28. The highest BCUT2D eigenvalue weighted by atomic mass is 32.2. The van der Waals surface area contributed by atoms with Gasteiger partial charge in [0.25, 0.3) is 0 Å². The Labute approximate surface area is 154 Å². The molecule has 25 heavy (non-hydrogen) atoms. The maximum Gasteiger partial charge on any atom is 0.237 e. The van der Waals surface area contributed by atoms with E-state index in [4.69, 9.17) is 0 Å². The van der Waals surface area contributed by atoms with Gasteiger partial charge in [0.05, 0.1) is 11.4 Å². The Morgan fingerprint density at radius 2 is 1.76 bits per heavy atom. The second-order valence-electron chi connectivity index (χ2n) is 6.59. The van der Waals surface area contributed by atoms with Crippen molar-refractivity contribution in [2.75, 3.05) is 11.1 Å². The summed E-state index contributed by atoms with van der Waals surface area (Å²) in [5, 5.41) is 13.1. The van der Waals surface area contributed by atoms with Gasteiger partial charge >= 0.3 is 0 Å². The minimum atomic E-state index is -0.564. The Bertz CT molecular complexity index is 700. The van der Waals surface area contributed by atoms with Crippen molar-refractivity contribution in [1.82, 2.24) is 0 Å². The maximum atomic E-state index is 12.6. The van der Waals surface area contributed by atoms with Gasteiger partial charge in [-0.05, 0) is 36.5 Å². The summed E-state index contributed by atoms with van der Waals surface area (Å²) in [5.74, 6) is 0.808. The number of aliphatic hydroxyl groups is 1. The van der Waals surface area contributed by atoms with Crippen molar-refractivity contribution < 1.29 is 9.90 Å². The molecular formula is C21H27NO2S. The van der Waals surface area contributed by atoms with E-state index in [2.05, 4.69) is 25.2 Å². The molecule has 2 aromatic rings. The molecule has 2 aromatic carbocycles. The van der Waals surface area contributed by atoms with Gasteiger partial charge in [-0.3, -0.25) is 4.79 Å². The first-order chi connectivity index (χ1) is 11.9. The first kappa shape index (κ1) is 19.5. The van der Waals surface area contributed by atoms with Gasteiger partial charge in [-0.2, -0.15) is 0 Å². The molecule has 0 heterocycles. The second-order valence-corrected chi connectivity index (χ2v) is 7.96. The van der Waals surface area contributed by atoms with E-state index in [1.807, 2.05) is 56.3 Å². The zero-order valence-electron chi connectivity index (χ0n) is 15.3. The Balaban J connectivity index is 1.97. The van der Waals surface area contributed by atoms with Crippen LogP contribution < -0.4 is 5.32 Å². The third kappa shape index (κ3) is 5.35. The second kappa shape index (κ2) is 9.07. The average molecular weight is 358 g/mol. The van der Waals surface area contributed by atoms with E-state index in [9.17, 15) is 9.90 Å². The summed E-state index contributed by atoms with van der Waals surface area (Å²) in [4.78, 5) is 12.6. The van der Waals surface area contributed by atoms with Crippen LogP contribution in [0.1, 0.15) is 49.5 Å². The molecule has 0 spiro atoms. The van der Waals surface area contributed by atoms with E-state index in [0.717, 1.165) is 22.4 Å². The molecule has 0 aromatic heterocycles.